The third-order valence-electron chi connectivity index (χ3n) is 4.24. The van der Waals surface area contributed by atoms with Crippen molar-refractivity contribution in [2.75, 3.05) is 18.0 Å². The quantitative estimate of drug-likeness (QED) is 0.935. The molecule has 6 heteroatoms. The van der Waals surface area contributed by atoms with Crippen molar-refractivity contribution in [3.63, 3.8) is 0 Å². The lowest BCUT2D eigenvalue weighted by molar-refractivity contribution is 0.420. The summed E-state index contributed by atoms with van der Waals surface area (Å²) < 4.78 is 1.59. The number of hydrogen-bond donors (Lipinski definition) is 1. The number of aromatic nitrogens is 2. The van der Waals surface area contributed by atoms with Crippen molar-refractivity contribution in [2.45, 2.75) is 32.4 Å². The van der Waals surface area contributed by atoms with Crippen LogP contribution in [0.3, 0.4) is 0 Å². The first-order valence-electron chi connectivity index (χ1n) is 7.68. The smallest absolute Gasteiger partial charge is 0.293 e. The van der Waals surface area contributed by atoms with E-state index < -0.39 is 0 Å². The Kier molecular flexibility index (Phi) is 4.59. The summed E-state index contributed by atoms with van der Waals surface area (Å²) in [7, 11) is 1.77. The summed E-state index contributed by atoms with van der Waals surface area (Å²) in [5.41, 5.74) is 1.33. The Morgan fingerprint density at radius 3 is 3.14 bits per heavy atom. The maximum Gasteiger partial charge on any atom is 0.293 e. The highest BCUT2D eigenvalue weighted by molar-refractivity contribution is 7.10. The van der Waals surface area contributed by atoms with E-state index in [1.54, 1.807) is 35.3 Å². The number of nitrogens with one attached hydrogen (secondary N) is 1. The van der Waals surface area contributed by atoms with E-state index >= 15 is 0 Å². The Balaban J connectivity index is 1.65. The van der Waals surface area contributed by atoms with Crippen LogP contribution in [0.25, 0.3) is 0 Å². The fraction of sp³-hybridized carbons (Fsp3) is 0.500. The normalized spacial score (nSPS) is 18.6. The zero-order chi connectivity index (χ0) is 15.5. The van der Waals surface area contributed by atoms with Crippen molar-refractivity contribution in [1.29, 1.82) is 0 Å². The predicted octanol–water partition coefficient (Wildman–Crippen LogP) is 1.91. The molecule has 0 unspecified atom stereocenters. The molecule has 5 nitrogen and oxygen atoms in total. The number of nitrogens with zero attached hydrogens (tertiary/aromatic N) is 3. The second kappa shape index (κ2) is 6.62. The van der Waals surface area contributed by atoms with Gasteiger partial charge < -0.3 is 14.8 Å². The van der Waals surface area contributed by atoms with E-state index in [0.29, 0.717) is 11.9 Å². The molecule has 1 aliphatic rings. The summed E-state index contributed by atoms with van der Waals surface area (Å²) in [5, 5.41) is 5.77. The Labute approximate surface area is 134 Å². The molecule has 0 bridgehead atoms. The largest absolute Gasteiger partial charge is 0.350 e. The molecule has 0 amide bonds. The van der Waals surface area contributed by atoms with Crippen LogP contribution in [0.15, 0.2) is 28.6 Å². The molecular weight excluding hydrogens is 296 g/mol. The first kappa shape index (κ1) is 15.2. The van der Waals surface area contributed by atoms with Crippen molar-refractivity contribution >= 4 is 17.2 Å². The average molecular weight is 318 g/mol. The van der Waals surface area contributed by atoms with Crippen LogP contribution in [0.4, 0.5) is 5.82 Å². The Morgan fingerprint density at radius 2 is 2.36 bits per heavy atom. The van der Waals surface area contributed by atoms with Crippen LogP contribution in [0, 0.1) is 6.92 Å². The van der Waals surface area contributed by atoms with E-state index in [-0.39, 0.29) is 5.56 Å². The zero-order valence-corrected chi connectivity index (χ0v) is 13.9. The SMILES string of the molecule is Cc1ccsc1CN[C@H]1CCCN(c2nccn(C)c2=O)C1. The highest BCUT2D eigenvalue weighted by atomic mass is 32.1. The average Bonchev–Trinajstić information content (AvgIpc) is 2.93. The molecule has 0 spiro atoms. The van der Waals surface area contributed by atoms with Gasteiger partial charge in [-0.05, 0) is 36.8 Å². The molecule has 118 valence electrons. The summed E-state index contributed by atoms with van der Waals surface area (Å²) >= 11 is 1.80. The highest BCUT2D eigenvalue weighted by Gasteiger charge is 2.22. The van der Waals surface area contributed by atoms with Gasteiger partial charge in [0.15, 0.2) is 5.82 Å². The second-order valence-electron chi connectivity index (χ2n) is 5.86. The number of anilines is 1. The molecule has 1 fully saturated rings. The molecule has 0 saturated carbocycles. The van der Waals surface area contributed by atoms with Gasteiger partial charge in [-0.25, -0.2) is 4.98 Å². The predicted molar refractivity (Wildman–Crippen MR) is 90.6 cm³/mol. The number of aryl methyl sites for hydroxylation is 2. The number of piperidine rings is 1. The van der Waals surface area contributed by atoms with Crippen molar-refractivity contribution in [2.24, 2.45) is 7.05 Å². The van der Waals surface area contributed by atoms with Gasteiger partial charge in [0, 0.05) is 50.0 Å². The van der Waals surface area contributed by atoms with Gasteiger partial charge in [0.1, 0.15) is 0 Å². The minimum atomic E-state index is -0.0164. The van der Waals surface area contributed by atoms with Crippen LogP contribution in [-0.4, -0.2) is 28.7 Å². The zero-order valence-electron chi connectivity index (χ0n) is 13.1. The third-order valence-corrected chi connectivity index (χ3v) is 5.26. The molecule has 0 aliphatic carbocycles. The minimum absolute atomic E-state index is 0.0164. The minimum Gasteiger partial charge on any atom is -0.350 e. The van der Waals surface area contributed by atoms with Gasteiger partial charge in [-0.2, -0.15) is 0 Å². The maximum atomic E-state index is 12.2. The molecule has 0 radical (unpaired) electrons. The molecule has 0 aromatic carbocycles. The van der Waals surface area contributed by atoms with Gasteiger partial charge in [0.05, 0.1) is 0 Å². The topological polar surface area (TPSA) is 50.2 Å². The first-order valence-corrected chi connectivity index (χ1v) is 8.56. The monoisotopic (exact) mass is 318 g/mol. The molecule has 22 heavy (non-hydrogen) atoms. The van der Waals surface area contributed by atoms with Crippen LogP contribution in [0.2, 0.25) is 0 Å². The van der Waals surface area contributed by atoms with Gasteiger partial charge in [-0.3, -0.25) is 4.79 Å². The van der Waals surface area contributed by atoms with E-state index in [2.05, 4.69) is 33.6 Å². The van der Waals surface area contributed by atoms with Crippen LogP contribution in [0.1, 0.15) is 23.3 Å². The third kappa shape index (κ3) is 3.23. The van der Waals surface area contributed by atoms with Crippen molar-refractivity contribution < 1.29 is 0 Å². The molecule has 3 heterocycles. The molecule has 2 aromatic rings. The first-order chi connectivity index (χ1) is 10.6. The number of hydrogen-bond acceptors (Lipinski definition) is 5. The van der Waals surface area contributed by atoms with Crippen LogP contribution in [0.5, 0.6) is 0 Å². The molecular formula is C16H22N4OS. The van der Waals surface area contributed by atoms with Crippen LogP contribution in [-0.2, 0) is 13.6 Å². The Hall–Kier alpha value is -1.66. The summed E-state index contributed by atoms with van der Waals surface area (Å²) in [5.74, 6) is 0.573. The van der Waals surface area contributed by atoms with Crippen LogP contribution < -0.4 is 15.8 Å². The summed E-state index contributed by atoms with van der Waals surface area (Å²) in [6.07, 6.45) is 5.63. The Bertz CT molecular complexity index is 693. The van der Waals surface area contributed by atoms with Crippen molar-refractivity contribution in [1.82, 2.24) is 14.9 Å². The van der Waals surface area contributed by atoms with Gasteiger partial charge in [0.2, 0.25) is 0 Å². The highest BCUT2D eigenvalue weighted by Crippen LogP contribution is 2.18. The van der Waals surface area contributed by atoms with E-state index in [0.717, 1.165) is 32.5 Å². The number of thiophene rings is 1. The maximum absolute atomic E-state index is 12.2. The lowest BCUT2D eigenvalue weighted by Crippen LogP contribution is -2.47. The van der Waals surface area contributed by atoms with E-state index in [1.807, 2.05) is 0 Å². The van der Waals surface area contributed by atoms with E-state index in [4.69, 9.17) is 0 Å². The van der Waals surface area contributed by atoms with Crippen LogP contribution >= 0.6 is 11.3 Å². The number of rotatable bonds is 4. The molecule has 1 N–H and O–H groups in total. The van der Waals surface area contributed by atoms with Gasteiger partial charge in [-0.1, -0.05) is 0 Å². The van der Waals surface area contributed by atoms with Gasteiger partial charge in [-0.15, -0.1) is 11.3 Å². The lowest BCUT2D eigenvalue weighted by atomic mass is 10.1. The molecule has 1 atom stereocenters. The molecule has 2 aromatic heterocycles. The molecule has 1 saturated heterocycles. The summed E-state index contributed by atoms with van der Waals surface area (Å²) in [6, 6.07) is 2.56. The lowest BCUT2D eigenvalue weighted by Gasteiger charge is -2.33. The summed E-state index contributed by atoms with van der Waals surface area (Å²) in [6.45, 7) is 4.81. The van der Waals surface area contributed by atoms with Crippen molar-refractivity contribution in [3.05, 3.63) is 44.6 Å². The second-order valence-corrected chi connectivity index (χ2v) is 6.86. The van der Waals surface area contributed by atoms with E-state index in [9.17, 15) is 4.79 Å². The standard InChI is InChI=1S/C16H22N4OS/c1-12-5-9-22-14(12)10-18-13-4-3-7-20(11-13)15-16(21)19(2)8-6-17-15/h5-6,8-9,13,18H,3-4,7,10-11H2,1-2H3/t13-/m0/s1. The Morgan fingerprint density at radius 1 is 1.50 bits per heavy atom. The van der Waals surface area contributed by atoms with Gasteiger partial charge >= 0.3 is 0 Å². The molecule has 1 aliphatic heterocycles. The fourth-order valence-electron chi connectivity index (χ4n) is 2.86. The van der Waals surface area contributed by atoms with Gasteiger partial charge in [0.25, 0.3) is 5.56 Å². The van der Waals surface area contributed by atoms with Crippen molar-refractivity contribution in [3.8, 4) is 0 Å². The molecule has 3 rings (SSSR count). The summed E-state index contributed by atoms with van der Waals surface area (Å²) in [4.78, 5) is 20.0. The van der Waals surface area contributed by atoms with E-state index in [1.165, 1.54) is 10.4 Å². The fourth-order valence-corrected chi connectivity index (χ4v) is 3.72.